The van der Waals surface area contributed by atoms with Crippen LogP contribution in [-0.2, 0) is 4.79 Å². The first-order valence-electron chi connectivity index (χ1n) is 6.74. The van der Waals surface area contributed by atoms with Crippen molar-refractivity contribution in [2.45, 2.75) is 0 Å². The standard InChI is InChI=1S/C14H18ClN3O3/c1-2-4-16-12(19)10-17-5-7-18(8-6-17)14(20)11-3-9-21-13(11)15/h2-3,9H,1,4-8,10H2,(H,16,19). The number of furan rings is 1. The van der Waals surface area contributed by atoms with Gasteiger partial charge in [-0.15, -0.1) is 6.58 Å². The van der Waals surface area contributed by atoms with Crippen LogP contribution in [0.1, 0.15) is 10.4 Å². The number of amides is 2. The largest absolute Gasteiger partial charge is 0.452 e. The lowest BCUT2D eigenvalue weighted by molar-refractivity contribution is -0.122. The van der Waals surface area contributed by atoms with Crippen LogP contribution in [0, 0.1) is 0 Å². The summed E-state index contributed by atoms with van der Waals surface area (Å²) in [6, 6.07) is 1.57. The lowest BCUT2D eigenvalue weighted by Gasteiger charge is -2.34. The molecule has 1 N–H and O–H groups in total. The van der Waals surface area contributed by atoms with Crippen LogP contribution in [0.4, 0.5) is 0 Å². The van der Waals surface area contributed by atoms with Crippen molar-refractivity contribution in [2.24, 2.45) is 0 Å². The zero-order valence-corrected chi connectivity index (χ0v) is 12.4. The fourth-order valence-corrected chi connectivity index (χ4v) is 2.37. The van der Waals surface area contributed by atoms with Crippen LogP contribution in [0.15, 0.2) is 29.4 Å². The number of piperazine rings is 1. The predicted molar refractivity (Wildman–Crippen MR) is 79.3 cm³/mol. The number of carbonyl (C=O) groups is 2. The van der Waals surface area contributed by atoms with Crippen molar-refractivity contribution < 1.29 is 14.0 Å². The van der Waals surface area contributed by atoms with Gasteiger partial charge in [-0.25, -0.2) is 0 Å². The van der Waals surface area contributed by atoms with Crippen LogP contribution in [0.5, 0.6) is 0 Å². The molecule has 114 valence electrons. The number of hydrogen-bond acceptors (Lipinski definition) is 4. The van der Waals surface area contributed by atoms with Gasteiger partial charge in [0.25, 0.3) is 5.91 Å². The van der Waals surface area contributed by atoms with Crippen molar-refractivity contribution in [2.75, 3.05) is 39.3 Å². The second-order valence-corrected chi connectivity index (χ2v) is 5.11. The smallest absolute Gasteiger partial charge is 0.258 e. The van der Waals surface area contributed by atoms with Gasteiger partial charge >= 0.3 is 0 Å². The number of carbonyl (C=O) groups excluding carboxylic acids is 2. The third-order valence-corrected chi connectivity index (χ3v) is 3.61. The molecular weight excluding hydrogens is 294 g/mol. The fourth-order valence-electron chi connectivity index (χ4n) is 2.17. The molecule has 1 aliphatic heterocycles. The lowest BCUT2D eigenvalue weighted by Crippen LogP contribution is -2.51. The first-order valence-corrected chi connectivity index (χ1v) is 7.12. The minimum atomic E-state index is -0.135. The molecule has 7 heteroatoms. The summed E-state index contributed by atoms with van der Waals surface area (Å²) in [5, 5.41) is 2.85. The average molecular weight is 312 g/mol. The summed E-state index contributed by atoms with van der Waals surface area (Å²) in [6.45, 7) is 6.79. The molecule has 0 aliphatic carbocycles. The molecule has 0 unspecified atom stereocenters. The van der Waals surface area contributed by atoms with Gasteiger partial charge in [0.05, 0.1) is 18.4 Å². The van der Waals surface area contributed by atoms with E-state index in [2.05, 4.69) is 11.9 Å². The van der Waals surface area contributed by atoms with E-state index in [-0.39, 0.29) is 17.0 Å². The first kappa shape index (κ1) is 15.6. The Morgan fingerprint density at radius 2 is 2.10 bits per heavy atom. The van der Waals surface area contributed by atoms with E-state index < -0.39 is 0 Å². The number of hydrogen-bond donors (Lipinski definition) is 1. The normalized spacial score (nSPS) is 15.8. The lowest BCUT2D eigenvalue weighted by atomic mass is 10.2. The molecule has 1 aliphatic rings. The molecule has 1 aromatic heterocycles. The minimum absolute atomic E-state index is 0.0347. The summed E-state index contributed by atoms with van der Waals surface area (Å²) in [5.41, 5.74) is 0.383. The number of nitrogens with zero attached hydrogens (tertiary/aromatic N) is 2. The van der Waals surface area contributed by atoms with Crippen molar-refractivity contribution in [3.63, 3.8) is 0 Å². The van der Waals surface area contributed by atoms with Gasteiger partial charge in [-0.3, -0.25) is 14.5 Å². The highest BCUT2D eigenvalue weighted by Crippen LogP contribution is 2.19. The van der Waals surface area contributed by atoms with Crippen molar-refractivity contribution >= 4 is 23.4 Å². The Hall–Kier alpha value is -1.79. The van der Waals surface area contributed by atoms with Crippen LogP contribution in [0.2, 0.25) is 5.22 Å². The van der Waals surface area contributed by atoms with E-state index in [1.54, 1.807) is 17.0 Å². The van der Waals surface area contributed by atoms with Gasteiger partial charge in [0.2, 0.25) is 11.1 Å². The Kier molecular flexibility index (Phi) is 5.41. The highest BCUT2D eigenvalue weighted by atomic mass is 35.5. The second-order valence-electron chi connectivity index (χ2n) is 4.77. The predicted octanol–water partition coefficient (Wildman–Crippen LogP) is 0.993. The van der Waals surface area contributed by atoms with Crippen molar-refractivity contribution in [3.8, 4) is 0 Å². The highest BCUT2D eigenvalue weighted by molar-refractivity contribution is 6.32. The Bertz CT molecular complexity index is 521. The van der Waals surface area contributed by atoms with E-state index in [0.717, 1.165) is 0 Å². The molecule has 1 saturated heterocycles. The number of rotatable bonds is 5. The Labute approximate surface area is 128 Å². The van der Waals surface area contributed by atoms with E-state index in [4.69, 9.17) is 16.0 Å². The summed E-state index contributed by atoms with van der Waals surface area (Å²) >= 11 is 5.81. The molecular formula is C14H18ClN3O3. The van der Waals surface area contributed by atoms with Crippen LogP contribution < -0.4 is 5.32 Å². The highest BCUT2D eigenvalue weighted by Gasteiger charge is 2.25. The molecule has 0 radical (unpaired) electrons. The first-order chi connectivity index (χ1) is 10.1. The molecule has 1 fully saturated rings. The average Bonchev–Trinajstić information content (AvgIpc) is 2.91. The van der Waals surface area contributed by atoms with Gasteiger partial charge < -0.3 is 14.6 Å². The maximum atomic E-state index is 12.2. The minimum Gasteiger partial charge on any atom is -0.452 e. The summed E-state index contributed by atoms with van der Waals surface area (Å²) < 4.78 is 4.93. The summed E-state index contributed by atoms with van der Waals surface area (Å²) in [7, 11) is 0. The molecule has 6 nitrogen and oxygen atoms in total. The van der Waals surface area contributed by atoms with Crippen LogP contribution in [-0.4, -0.2) is 60.9 Å². The van der Waals surface area contributed by atoms with E-state index in [0.29, 0.717) is 44.8 Å². The Morgan fingerprint density at radius 3 is 2.67 bits per heavy atom. The fraction of sp³-hybridized carbons (Fsp3) is 0.429. The SMILES string of the molecule is C=CCNC(=O)CN1CCN(C(=O)c2ccoc2Cl)CC1. The van der Waals surface area contributed by atoms with Crippen LogP contribution in [0.3, 0.4) is 0 Å². The van der Waals surface area contributed by atoms with E-state index >= 15 is 0 Å². The molecule has 0 atom stereocenters. The van der Waals surface area contributed by atoms with Gasteiger partial charge in [-0.2, -0.15) is 0 Å². The maximum Gasteiger partial charge on any atom is 0.258 e. The van der Waals surface area contributed by atoms with Crippen molar-refractivity contribution in [1.82, 2.24) is 15.1 Å². The summed E-state index contributed by atoms with van der Waals surface area (Å²) in [6.07, 6.45) is 3.04. The Morgan fingerprint density at radius 1 is 1.38 bits per heavy atom. The van der Waals surface area contributed by atoms with Gasteiger partial charge in [-0.05, 0) is 17.7 Å². The zero-order chi connectivity index (χ0) is 15.2. The summed E-state index contributed by atoms with van der Waals surface area (Å²) in [4.78, 5) is 27.6. The van der Waals surface area contributed by atoms with Gasteiger partial charge in [-0.1, -0.05) is 6.08 Å². The third-order valence-electron chi connectivity index (χ3n) is 3.32. The van der Waals surface area contributed by atoms with E-state index in [1.165, 1.54) is 6.26 Å². The van der Waals surface area contributed by atoms with Gasteiger partial charge in [0.1, 0.15) is 0 Å². The quantitative estimate of drug-likeness (QED) is 0.824. The van der Waals surface area contributed by atoms with Crippen molar-refractivity contribution in [3.05, 3.63) is 35.8 Å². The molecule has 1 aromatic rings. The molecule has 0 bridgehead atoms. The molecule has 2 heterocycles. The van der Waals surface area contributed by atoms with Gasteiger partial charge in [0.15, 0.2) is 0 Å². The van der Waals surface area contributed by atoms with Gasteiger partial charge in [0, 0.05) is 32.7 Å². The maximum absolute atomic E-state index is 12.2. The molecule has 0 spiro atoms. The molecule has 0 saturated carbocycles. The number of nitrogens with one attached hydrogen (secondary N) is 1. The Balaban J connectivity index is 1.80. The topological polar surface area (TPSA) is 65.8 Å². The van der Waals surface area contributed by atoms with Crippen molar-refractivity contribution in [1.29, 1.82) is 0 Å². The monoisotopic (exact) mass is 311 g/mol. The summed E-state index contributed by atoms with van der Waals surface area (Å²) in [5.74, 6) is -0.169. The molecule has 0 aromatic carbocycles. The molecule has 2 rings (SSSR count). The van der Waals surface area contributed by atoms with Crippen LogP contribution in [0.25, 0.3) is 0 Å². The molecule has 2 amide bonds. The molecule has 21 heavy (non-hydrogen) atoms. The van der Waals surface area contributed by atoms with E-state index in [1.807, 2.05) is 4.90 Å². The van der Waals surface area contributed by atoms with Crippen LogP contribution >= 0.6 is 11.6 Å². The number of halogens is 1. The third kappa shape index (κ3) is 4.09. The second kappa shape index (κ2) is 7.28. The zero-order valence-electron chi connectivity index (χ0n) is 11.7. The van der Waals surface area contributed by atoms with E-state index in [9.17, 15) is 9.59 Å².